The molecule has 9 heteroatoms. The van der Waals surface area contributed by atoms with Crippen molar-refractivity contribution in [3.05, 3.63) is 0 Å². The molecule has 0 aromatic carbocycles. The summed E-state index contributed by atoms with van der Waals surface area (Å²) in [4.78, 5) is 29.5. The number of hydroxylamine groups is 2. The van der Waals surface area contributed by atoms with Crippen molar-refractivity contribution < 1.29 is 59.0 Å². The molecule has 0 aromatic heterocycles. The Kier molecular flexibility index (Phi) is 10.4. The van der Waals surface area contributed by atoms with Crippen LogP contribution in [0.5, 0.6) is 0 Å². The molecule has 0 aliphatic rings. The summed E-state index contributed by atoms with van der Waals surface area (Å²) in [5.41, 5.74) is 0. The van der Waals surface area contributed by atoms with Gasteiger partial charge in [-0.25, -0.2) is 5.06 Å². The van der Waals surface area contributed by atoms with E-state index in [2.05, 4.69) is 0 Å². The summed E-state index contributed by atoms with van der Waals surface area (Å²) in [6.07, 6.45) is -0.742. The Morgan fingerprint density at radius 1 is 1.47 bits per heavy atom. The van der Waals surface area contributed by atoms with Crippen LogP contribution in [0.25, 0.3) is 0 Å². The van der Waals surface area contributed by atoms with Crippen molar-refractivity contribution in [2.24, 2.45) is 0 Å². The van der Waals surface area contributed by atoms with Gasteiger partial charge in [-0.05, 0) is 6.42 Å². The minimum absolute atomic E-state index is 0. The van der Waals surface area contributed by atoms with Crippen LogP contribution in [-0.2, 0) is 9.36 Å². The molecule has 0 rings (SSSR count). The van der Waals surface area contributed by atoms with Gasteiger partial charge in [0.25, 0.3) is 0 Å². The molecule has 0 spiro atoms. The number of hydrogen-bond donors (Lipinski definition) is 3. The van der Waals surface area contributed by atoms with E-state index in [-0.39, 0.29) is 55.6 Å². The summed E-state index contributed by atoms with van der Waals surface area (Å²) in [7, 11) is -4.32. The van der Waals surface area contributed by atoms with Crippen LogP contribution in [0.3, 0.4) is 0 Å². The predicted octanol–water partition coefficient (Wildman–Crippen LogP) is -4.47. The van der Waals surface area contributed by atoms with Crippen molar-refractivity contribution in [3.63, 3.8) is 0 Å². The maximum absolute atomic E-state index is 10.9. The molecule has 0 aliphatic carbocycles. The molecule has 0 saturated carbocycles. The Hall–Kier alpha value is 0.540. The second-order valence-corrected chi connectivity index (χ2v) is 4.43. The molecule has 1 amide bonds. The third-order valence-corrected chi connectivity index (χ3v) is 2.31. The van der Waals surface area contributed by atoms with Crippen molar-refractivity contribution in [1.29, 1.82) is 0 Å². The van der Waals surface area contributed by atoms with E-state index in [9.17, 15) is 14.3 Å². The van der Waals surface area contributed by atoms with E-state index in [0.717, 1.165) is 0 Å². The molecule has 0 fully saturated rings. The van der Waals surface area contributed by atoms with E-state index in [1.165, 1.54) is 0 Å². The van der Waals surface area contributed by atoms with Gasteiger partial charge in [-0.3, -0.25) is 10.0 Å². The van der Waals surface area contributed by atoms with Gasteiger partial charge in [0.2, 0.25) is 5.91 Å². The largest absolute Gasteiger partial charge is 1.00 e. The molecule has 0 heterocycles. The van der Waals surface area contributed by atoms with Crippen molar-refractivity contribution in [2.75, 3.05) is 19.3 Å². The van der Waals surface area contributed by atoms with Gasteiger partial charge < -0.3 is 19.5 Å². The van der Waals surface area contributed by atoms with Crippen LogP contribution in [0, 0.1) is 0 Å². The van der Waals surface area contributed by atoms with E-state index >= 15 is 0 Å². The standard InChI is InChI=1S/C6H14NO6P.Na/c8-4-3-7(10)6(9)2-1-5-14(11,12)13;/h8,10H,1-5H2,(H2,11,12,13);/q;+1/p-1. The van der Waals surface area contributed by atoms with Crippen molar-refractivity contribution in [2.45, 2.75) is 12.8 Å². The summed E-state index contributed by atoms with van der Waals surface area (Å²) in [5, 5.41) is 17.5. The fourth-order valence-electron chi connectivity index (χ4n) is 0.779. The van der Waals surface area contributed by atoms with E-state index in [1.54, 1.807) is 0 Å². The maximum Gasteiger partial charge on any atom is 1.00 e. The molecule has 15 heavy (non-hydrogen) atoms. The third kappa shape index (κ3) is 10.8. The Labute approximate surface area is 109 Å². The SMILES string of the molecule is O=C(CCCP(=O)([O-])O)N(O)CCO.[Na+]. The number of rotatable bonds is 6. The average Bonchev–Trinajstić information content (AvgIpc) is 2.02. The molecule has 0 saturated heterocycles. The minimum Gasteiger partial charge on any atom is -0.779 e. The first-order valence-corrected chi connectivity index (χ1v) is 5.76. The van der Waals surface area contributed by atoms with Gasteiger partial charge in [-0.1, -0.05) is 0 Å². The summed E-state index contributed by atoms with van der Waals surface area (Å²) < 4.78 is 10.3. The first-order chi connectivity index (χ1) is 6.37. The molecule has 0 aliphatic heterocycles. The number of carbonyl (C=O) groups excluding carboxylic acids is 1. The molecule has 3 N–H and O–H groups in total. The molecular formula is C6H13NNaO6P. The second kappa shape index (κ2) is 8.66. The predicted molar refractivity (Wildman–Crippen MR) is 44.5 cm³/mol. The number of amides is 1. The number of nitrogens with zero attached hydrogens (tertiary/aromatic N) is 1. The number of carbonyl (C=O) groups is 1. The van der Waals surface area contributed by atoms with Gasteiger partial charge in [-0.15, -0.1) is 0 Å². The third-order valence-electron chi connectivity index (χ3n) is 1.43. The Balaban J connectivity index is 0. The smallest absolute Gasteiger partial charge is 0.779 e. The molecule has 0 aromatic rings. The van der Waals surface area contributed by atoms with Crippen molar-refractivity contribution >= 4 is 13.5 Å². The fourth-order valence-corrected chi connectivity index (χ4v) is 1.34. The topological polar surface area (TPSA) is 121 Å². The van der Waals surface area contributed by atoms with Crippen LogP contribution < -0.4 is 34.5 Å². The van der Waals surface area contributed by atoms with Gasteiger partial charge in [-0.2, -0.15) is 0 Å². The summed E-state index contributed by atoms with van der Waals surface area (Å²) in [5.74, 6) is -0.687. The molecule has 84 valence electrons. The zero-order valence-electron chi connectivity index (χ0n) is 8.50. The molecule has 7 nitrogen and oxygen atoms in total. The van der Waals surface area contributed by atoms with Gasteiger partial charge >= 0.3 is 29.6 Å². The van der Waals surface area contributed by atoms with Crippen LogP contribution in [0.4, 0.5) is 0 Å². The van der Waals surface area contributed by atoms with Crippen LogP contribution >= 0.6 is 7.60 Å². The zero-order chi connectivity index (χ0) is 11.2. The Bertz CT molecular complexity index is 232. The van der Waals surface area contributed by atoms with Gasteiger partial charge in [0, 0.05) is 12.6 Å². The van der Waals surface area contributed by atoms with Crippen LogP contribution in [0.15, 0.2) is 0 Å². The number of aliphatic hydroxyl groups excluding tert-OH is 1. The Morgan fingerprint density at radius 2 is 2.00 bits per heavy atom. The molecule has 0 bridgehead atoms. The monoisotopic (exact) mass is 249 g/mol. The molecule has 0 radical (unpaired) electrons. The summed E-state index contributed by atoms with van der Waals surface area (Å²) >= 11 is 0. The molecule has 1 unspecified atom stereocenters. The normalized spacial score (nSPS) is 13.9. The van der Waals surface area contributed by atoms with Crippen LogP contribution in [0.1, 0.15) is 12.8 Å². The zero-order valence-corrected chi connectivity index (χ0v) is 11.4. The fraction of sp³-hybridized carbons (Fsp3) is 0.833. The molecular weight excluding hydrogens is 236 g/mol. The van der Waals surface area contributed by atoms with E-state index in [0.29, 0.717) is 5.06 Å². The van der Waals surface area contributed by atoms with Crippen molar-refractivity contribution in [3.8, 4) is 0 Å². The van der Waals surface area contributed by atoms with Gasteiger partial charge in [0.1, 0.15) is 7.60 Å². The first kappa shape index (κ1) is 17.9. The average molecular weight is 249 g/mol. The summed E-state index contributed by atoms with van der Waals surface area (Å²) in [6, 6.07) is 0. The number of hydrogen-bond acceptors (Lipinski definition) is 5. The summed E-state index contributed by atoms with van der Waals surface area (Å²) in [6.45, 7) is -0.588. The van der Waals surface area contributed by atoms with E-state index < -0.39 is 19.7 Å². The second-order valence-electron chi connectivity index (χ2n) is 2.71. The first-order valence-electron chi connectivity index (χ1n) is 4.00. The quantitative estimate of drug-likeness (QED) is 0.189. The van der Waals surface area contributed by atoms with Gasteiger partial charge in [0.15, 0.2) is 0 Å². The maximum atomic E-state index is 10.9. The minimum atomic E-state index is -4.32. The number of aliphatic hydroxyl groups is 1. The van der Waals surface area contributed by atoms with E-state index in [1.807, 2.05) is 0 Å². The molecule has 1 atom stereocenters. The van der Waals surface area contributed by atoms with Crippen molar-refractivity contribution in [1.82, 2.24) is 5.06 Å². The van der Waals surface area contributed by atoms with Crippen LogP contribution in [-0.4, -0.2) is 45.5 Å². The van der Waals surface area contributed by atoms with E-state index in [4.69, 9.17) is 15.2 Å². The van der Waals surface area contributed by atoms with Crippen LogP contribution in [0.2, 0.25) is 0 Å². The Morgan fingerprint density at radius 3 is 2.40 bits per heavy atom. The van der Waals surface area contributed by atoms with Gasteiger partial charge in [0.05, 0.1) is 13.2 Å².